The Kier molecular flexibility index (Phi) is 4.22. The highest BCUT2D eigenvalue weighted by atomic mass is 32.1. The molecule has 24 heavy (non-hydrogen) atoms. The number of thiophene rings is 1. The van der Waals surface area contributed by atoms with Crippen LogP contribution in [-0.2, 0) is 16.1 Å². The number of amides is 3. The molecule has 8 heteroatoms. The Morgan fingerprint density at radius 3 is 2.83 bits per heavy atom. The highest BCUT2D eigenvalue weighted by Gasteiger charge is 2.25. The zero-order valence-electron chi connectivity index (χ0n) is 12.7. The van der Waals surface area contributed by atoms with E-state index in [2.05, 4.69) is 0 Å². The van der Waals surface area contributed by atoms with Crippen LogP contribution in [0.25, 0.3) is 10.4 Å². The summed E-state index contributed by atoms with van der Waals surface area (Å²) in [7, 11) is 0. The first-order valence-corrected chi connectivity index (χ1v) is 7.93. The lowest BCUT2D eigenvalue weighted by atomic mass is 10.1. The first kappa shape index (κ1) is 16.0. The van der Waals surface area contributed by atoms with Gasteiger partial charge in [0.15, 0.2) is 6.10 Å². The Morgan fingerprint density at radius 2 is 2.08 bits per heavy atom. The maximum absolute atomic E-state index is 12.2. The molecule has 1 aliphatic rings. The summed E-state index contributed by atoms with van der Waals surface area (Å²) >= 11 is 1.28. The van der Waals surface area contributed by atoms with E-state index in [4.69, 9.17) is 15.2 Å². The van der Waals surface area contributed by atoms with Gasteiger partial charge in [-0.2, -0.15) is 0 Å². The quantitative estimate of drug-likeness (QED) is 0.827. The molecule has 3 rings (SSSR count). The van der Waals surface area contributed by atoms with Gasteiger partial charge < -0.3 is 15.2 Å². The van der Waals surface area contributed by atoms with E-state index in [-0.39, 0.29) is 0 Å². The van der Waals surface area contributed by atoms with E-state index in [0.717, 1.165) is 21.8 Å². The van der Waals surface area contributed by atoms with Gasteiger partial charge in [0, 0.05) is 16.0 Å². The van der Waals surface area contributed by atoms with Gasteiger partial charge in [-0.1, -0.05) is 12.1 Å². The van der Waals surface area contributed by atoms with Crippen LogP contribution in [-0.4, -0.2) is 24.0 Å². The van der Waals surface area contributed by atoms with Crippen LogP contribution >= 0.6 is 11.3 Å². The highest BCUT2D eigenvalue weighted by molar-refractivity contribution is 7.17. The van der Waals surface area contributed by atoms with Crippen LogP contribution in [0.3, 0.4) is 0 Å². The fourth-order valence-electron chi connectivity index (χ4n) is 2.30. The van der Waals surface area contributed by atoms with Gasteiger partial charge in [0.2, 0.25) is 0 Å². The average molecular weight is 346 g/mol. The number of urea groups is 1. The molecular formula is C16H14N2O5S. The molecule has 0 saturated carbocycles. The van der Waals surface area contributed by atoms with Crippen molar-refractivity contribution in [2.24, 2.45) is 5.73 Å². The topological polar surface area (TPSA) is 108 Å². The number of nitrogens with one attached hydrogen (secondary N) is 1. The summed E-state index contributed by atoms with van der Waals surface area (Å²) < 4.78 is 10.7. The van der Waals surface area contributed by atoms with E-state index in [9.17, 15) is 14.4 Å². The third-order valence-corrected chi connectivity index (χ3v) is 4.62. The lowest BCUT2D eigenvalue weighted by Gasteiger charge is -2.16. The average Bonchev–Trinajstić information content (AvgIpc) is 2.99. The van der Waals surface area contributed by atoms with E-state index in [1.807, 2.05) is 29.6 Å². The number of fused-ring (bicyclic) bond motifs is 3. The van der Waals surface area contributed by atoms with Crippen LogP contribution in [0.4, 0.5) is 4.79 Å². The Bertz CT molecular complexity index is 830. The van der Waals surface area contributed by atoms with Crippen molar-refractivity contribution >= 4 is 29.2 Å². The van der Waals surface area contributed by atoms with Crippen molar-refractivity contribution in [3.63, 3.8) is 0 Å². The number of rotatable bonds is 3. The van der Waals surface area contributed by atoms with Crippen molar-refractivity contribution in [1.29, 1.82) is 0 Å². The Balaban J connectivity index is 1.78. The molecule has 0 aliphatic carbocycles. The second-order valence-electron chi connectivity index (χ2n) is 5.15. The van der Waals surface area contributed by atoms with Gasteiger partial charge in [-0.05, 0) is 25.1 Å². The molecule has 1 aromatic carbocycles. The Hall–Kier alpha value is -2.87. The fraction of sp³-hybridized carbons (Fsp3) is 0.188. The van der Waals surface area contributed by atoms with Crippen LogP contribution in [0.1, 0.15) is 22.2 Å². The summed E-state index contributed by atoms with van der Waals surface area (Å²) in [6.07, 6.45) is -1.13. The summed E-state index contributed by atoms with van der Waals surface area (Å²) in [5, 5.41) is 1.87. The van der Waals surface area contributed by atoms with Crippen LogP contribution in [0.5, 0.6) is 5.75 Å². The van der Waals surface area contributed by atoms with Gasteiger partial charge in [-0.3, -0.25) is 10.1 Å². The number of hydrogen-bond donors (Lipinski definition) is 2. The summed E-state index contributed by atoms with van der Waals surface area (Å²) in [4.78, 5) is 35.8. The van der Waals surface area contributed by atoms with Gasteiger partial charge in [-0.15, -0.1) is 11.3 Å². The molecule has 0 unspecified atom stereocenters. The standard InChI is InChI=1S/C16H14N2O5S/c1-8(14(19)18-16(17)21)23-15(20)12-6-9-7-22-11-5-3-2-4-10(11)13(9)24-12/h2-6,8H,7H2,1H3,(H3,17,18,19,21)/t8-/m1/s1. The Morgan fingerprint density at radius 1 is 1.33 bits per heavy atom. The molecular weight excluding hydrogens is 332 g/mol. The minimum Gasteiger partial charge on any atom is -0.488 e. The number of carbonyl (C=O) groups is 3. The van der Waals surface area contributed by atoms with Crippen molar-refractivity contribution in [3.8, 4) is 16.2 Å². The van der Waals surface area contributed by atoms with E-state index in [1.54, 1.807) is 6.07 Å². The summed E-state index contributed by atoms with van der Waals surface area (Å²) in [5.41, 5.74) is 6.67. The number of ether oxygens (including phenoxy) is 2. The number of para-hydroxylation sites is 1. The van der Waals surface area contributed by atoms with E-state index < -0.39 is 24.0 Å². The zero-order chi connectivity index (χ0) is 17.3. The molecule has 1 aliphatic heterocycles. The number of carbonyl (C=O) groups excluding carboxylic acids is 3. The summed E-state index contributed by atoms with van der Waals surface area (Å²) in [6.45, 7) is 1.73. The van der Waals surface area contributed by atoms with Crippen LogP contribution in [0.2, 0.25) is 0 Å². The van der Waals surface area contributed by atoms with Gasteiger partial charge >= 0.3 is 12.0 Å². The minimum atomic E-state index is -1.13. The molecule has 0 spiro atoms. The second-order valence-corrected chi connectivity index (χ2v) is 6.20. The molecule has 0 saturated heterocycles. The second kappa shape index (κ2) is 6.32. The van der Waals surface area contributed by atoms with Gasteiger partial charge in [-0.25, -0.2) is 9.59 Å². The first-order valence-electron chi connectivity index (χ1n) is 7.12. The fourth-order valence-corrected chi connectivity index (χ4v) is 3.38. The largest absolute Gasteiger partial charge is 0.488 e. The summed E-state index contributed by atoms with van der Waals surface area (Å²) in [6, 6.07) is 8.25. The maximum Gasteiger partial charge on any atom is 0.349 e. The molecule has 3 N–H and O–H groups in total. The van der Waals surface area contributed by atoms with Crippen molar-refractivity contribution in [1.82, 2.24) is 5.32 Å². The van der Waals surface area contributed by atoms with Crippen LogP contribution < -0.4 is 15.8 Å². The Labute approximate surface area is 141 Å². The minimum absolute atomic E-state index is 0.360. The van der Waals surface area contributed by atoms with Crippen molar-refractivity contribution in [2.75, 3.05) is 0 Å². The van der Waals surface area contributed by atoms with Crippen molar-refractivity contribution in [2.45, 2.75) is 19.6 Å². The molecule has 7 nitrogen and oxygen atoms in total. The van der Waals surface area contributed by atoms with Crippen LogP contribution in [0, 0.1) is 0 Å². The molecule has 2 aromatic rings. The normalized spacial score (nSPS) is 13.0. The number of imide groups is 1. The first-order chi connectivity index (χ1) is 11.5. The predicted octanol–water partition coefficient (Wildman–Crippen LogP) is 2.05. The molecule has 2 heterocycles. The molecule has 1 aromatic heterocycles. The number of nitrogens with two attached hydrogens (primary N) is 1. The number of hydrogen-bond acceptors (Lipinski definition) is 6. The number of primary amides is 1. The molecule has 1 atom stereocenters. The van der Waals surface area contributed by atoms with Crippen molar-refractivity contribution < 1.29 is 23.9 Å². The van der Waals surface area contributed by atoms with Crippen LogP contribution in [0.15, 0.2) is 30.3 Å². The predicted molar refractivity (Wildman–Crippen MR) is 86.7 cm³/mol. The lowest BCUT2D eigenvalue weighted by Crippen LogP contribution is -2.42. The van der Waals surface area contributed by atoms with Gasteiger partial charge in [0.05, 0.1) is 0 Å². The SMILES string of the molecule is C[C@@H](OC(=O)c1cc2c(s1)-c1ccccc1OC2)C(=O)NC(N)=O. The summed E-state index contributed by atoms with van der Waals surface area (Å²) in [5.74, 6) is -0.647. The molecule has 0 fully saturated rings. The smallest absolute Gasteiger partial charge is 0.349 e. The number of benzene rings is 1. The van der Waals surface area contributed by atoms with Gasteiger partial charge in [0.1, 0.15) is 17.2 Å². The van der Waals surface area contributed by atoms with E-state index >= 15 is 0 Å². The third kappa shape index (κ3) is 3.09. The highest BCUT2D eigenvalue weighted by Crippen LogP contribution is 2.42. The van der Waals surface area contributed by atoms with Crippen molar-refractivity contribution in [3.05, 3.63) is 40.8 Å². The lowest BCUT2D eigenvalue weighted by molar-refractivity contribution is -0.127. The van der Waals surface area contributed by atoms with Gasteiger partial charge in [0.25, 0.3) is 5.91 Å². The maximum atomic E-state index is 12.2. The van der Waals surface area contributed by atoms with E-state index in [1.165, 1.54) is 18.3 Å². The molecule has 3 amide bonds. The molecule has 124 valence electrons. The monoisotopic (exact) mass is 346 g/mol. The van der Waals surface area contributed by atoms with E-state index in [0.29, 0.717) is 11.5 Å². The molecule has 0 bridgehead atoms. The third-order valence-electron chi connectivity index (χ3n) is 3.42. The molecule has 0 radical (unpaired) electrons. The zero-order valence-corrected chi connectivity index (χ0v) is 13.5. The number of esters is 1.